The van der Waals surface area contributed by atoms with Gasteiger partial charge < -0.3 is 10.1 Å². The van der Waals surface area contributed by atoms with Gasteiger partial charge in [-0.2, -0.15) is 5.26 Å². The lowest BCUT2D eigenvalue weighted by atomic mass is 9.90. The van der Waals surface area contributed by atoms with Gasteiger partial charge in [-0.15, -0.1) is 0 Å². The van der Waals surface area contributed by atoms with E-state index in [-0.39, 0.29) is 0 Å². The SMILES string of the molecule is C[C@H](OC(=O)c1c2c(nc3ccccc13)CCCC2)C(=O)Nc1cccc(C#N)c1. The minimum absolute atomic E-state index is 0.437. The molecule has 6 nitrogen and oxygen atoms in total. The molecule has 0 fully saturated rings. The molecule has 1 N–H and O–H groups in total. The van der Waals surface area contributed by atoms with Gasteiger partial charge in [-0.05, 0) is 62.4 Å². The van der Waals surface area contributed by atoms with E-state index in [0.717, 1.165) is 47.8 Å². The Hall–Kier alpha value is -3.72. The number of hydrogen-bond donors (Lipinski definition) is 1. The number of nitrogens with zero attached hydrogens (tertiary/aromatic N) is 2. The summed E-state index contributed by atoms with van der Waals surface area (Å²) in [7, 11) is 0. The summed E-state index contributed by atoms with van der Waals surface area (Å²) in [5.41, 5.74) is 4.06. The van der Waals surface area contributed by atoms with Crippen molar-refractivity contribution in [3.05, 3.63) is 70.9 Å². The van der Waals surface area contributed by atoms with Crippen LogP contribution < -0.4 is 5.32 Å². The van der Waals surface area contributed by atoms with Crippen molar-refractivity contribution in [2.24, 2.45) is 0 Å². The Kier molecular flexibility index (Phi) is 5.44. The largest absolute Gasteiger partial charge is 0.449 e. The van der Waals surface area contributed by atoms with Crippen LogP contribution in [0.5, 0.6) is 0 Å². The van der Waals surface area contributed by atoms with Crippen LogP contribution >= 0.6 is 0 Å². The first-order valence-corrected chi connectivity index (χ1v) is 9.99. The number of benzene rings is 2. The minimum atomic E-state index is -0.991. The van der Waals surface area contributed by atoms with Crippen molar-refractivity contribution >= 4 is 28.5 Å². The van der Waals surface area contributed by atoms with Gasteiger partial charge in [0.2, 0.25) is 0 Å². The van der Waals surface area contributed by atoms with Crippen molar-refractivity contribution in [3.8, 4) is 6.07 Å². The lowest BCUT2D eigenvalue weighted by Gasteiger charge is -2.21. The number of carbonyl (C=O) groups excluding carboxylic acids is 2. The molecular weight excluding hydrogens is 378 g/mol. The summed E-state index contributed by atoms with van der Waals surface area (Å²) in [5, 5.41) is 12.4. The van der Waals surface area contributed by atoms with Crippen molar-refractivity contribution in [3.63, 3.8) is 0 Å². The molecule has 0 bridgehead atoms. The Bertz CT molecular complexity index is 1180. The van der Waals surface area contributed by atoms with Crippen molar-refractivity contribution in [1.29, 1.82) is 5.26 Å². The number of nitriles is 1. The molecule has 3 aromatic rings. The maximum absolute atomic E-state index is 13.1. The molecule has 0 saturated carbocycles. The number of pyridine rings is 1. The first kappa shape index (κ1) is 19.6. The number of esters is 1. The number of rotatable bonds is 4. The van der Waals surface area contributed by atoms with E-state index in [9.17, 15) is 9.59 Å². The molecule has 0 unspecified atom stereocenters. The van der Waals surface area contributed by atoms with Crippen molar-refractivity contribution in [2.45, 2.75) is 38.7 Å². The number of nitrogens with one attached hydrogen (secondary N) is 1. The normalized spacial score (nSPS) is 13.7. The summed E-state index contributed by atoms with van der Waals surface area (Å²) in [6.07, 6.45) is 2.67. The van der Waals surface area contributed by atoms with Gasteiger partial charge >= 0.3 is 5.97 Å². The van der Waals surface area contributed by atoms with E-state index in [1.54, 1.807) is 24.3 Å². The zero-order chi connectivity index (χ0) is 21.1. The van der Waals surface area contributed by atoms with E-state index in [4.69, 9.17) is 15.0 Å². The molecule has 1 aromatic heterocycles. The topological polar surface area (TPSA) is 92.1 Å². The third-order valence-electron chi connectivity index (χ3n) is 5.29. The number of anilines is 1. The summed E-state index contributed by atoms with van der Waals surface area (Å²) >= 11 is 0. The fourth-order valence-corrected chi connectivity index (χ4v) is 3.79. The molecule has 0 aliphatic heterocycles. The van der Waals surface area contributed by atoms with E-state index in [2.05, 4.69) is 5.32 Å². The Balaban J connectivity index is 1.58. The Labute approximate surface area is 174 Å². The van der Waals surface area contributed by atoms with Crippen LogP contribution in [0.1, 0.15) is 46.9 Å². The maximum atomic E-state index is 13.1. The van der Waals surface area contributed by atoms with Gasteiger partial charge in [0, 0.05) is 16.8 Å². The summed E-state index contributed by atoms with van der Waals surface area (Å²) in [5.74, 6) is -0.967. The molecule has 0 spiro atoms. The molecule has 30 heavy (non-hydrogen) atoms. The Morgan fingerprint density at radius 3 is 2.77 bits per heavy atom. The number of amides is 1. The smallest absolute Gasteiger partial charge is 0.339 e. The monoisotopic (exact) mass is 399 g/mol. The van der Waals surface area contributed by atoms with Crippen molar-refractivity contribution < 1.29 is 14.3 Å². The van der Waals surface area contributed by atoms with Gasteiger partial charge in [-0.1, -0.05) is 24.3 Å². The minimum Gasteiger partial charge on any atom is -0.449 e. The number of aryl methyl sites for hydroxylation is 1. The molecule has 0 radical (unpaired) electrons. The van der Waals surface area contributed by atoms with Crippen LogP contribution in [-0.2, 0) is 22.4 Å². The highest BCUT2D eigenvalue weighted by Crippen LogP contribution is 2.30. The Morgan fingerprint density at radius 1 is 1.13 bits per heavy atom. The fraction of sp³-hybridized carbons (Fsp3) is 0.250. The first-order valence-electron chi connectivity index (χ1n) is 9.99. The molecule has 4 rings (SSSR count). The van der Waals surface area contributed by atoms with Crippen LogP contribution in [0.15, 0.2) is 48.5 Å². The summed E-state index contributed by atoms with van der Waals surface area (Å²) < 4.78 is 5.56. The van der Waals surface area contributed by atoms with Gasteiger partial charge in [0.25, 0.3) is 5.91 Å². The van der Waals surface area contributed by atoms with Crippen molar-refractivity contribution in [1.82, 2.24) is 4.98 Å². The van der Waals surface area contributed by atoms with Crippen molar-refractivity contribution in [2.75, 3.05) is 5.32 Å². The average Bonchev–Trinajstić information content (AvgIpc) is 2.77. The summed E-state index contributed by atoms with van der Waals surface area (Å²) in [6, 6.07) is 16.1. The fourth-order valence-electron chi connectivity index (χ4n) is 3.79. The van der Waals surface area contributed by atoms with Crippen LogP contribution in [0.4, 0.5) is 5.69 Å². The van der Waals surface area contributed by atoms with Gasteiger partial charge in [-0.25, -0.2) is 4.79 Å². The molecule has 1 heterocycles. The van der Waals surface area contributed by atoms with E-state index in [1.807, 2.05) is 30.3 Å². The van der Waals surface area contributed by atoms with E-state index in [1.165, 1.54) is 6.92 Å². The highest BCUT2D eigenvalue weighted by atomic mass is 16.5. The number of aromatic nitrogens is 1. The van der Waals surface area contributed by atoms with E-state index < -0.39 is 18.0 Å². The lowest BCUT2D eigenvalue weighted by molar-refractivity contribution is -0.123. The quantitative estimate of drug-likeness (QED) is 0.665. The maximum Gasteiger partial charge on any atom is 0.339 e. The summed E-state index contributed by atoms with van der Waals surface area (Å²) in [6.45, 7) is 1.54. The molecule has 1 aliphatic carbocycles. The lowest BCUT2D eigenvalue weighted by Crippen LogP contribution is -2.30. The second-order valence-corrected chi connectivity index (χ2v) is 7.37. The van der Waals surface area contributed by atoms with Gasteiger partial charge in [0.1, 0.15) is 0 Å². The second-order valence-electron chi connectivity index (χ2n) is 7.37. The van der Waals surface area contributed by atoms with Crippen LogP contribution in [0, 0.1) is 11.3 Å². The molecule has 2 aromatic carbocycles. The van der Waals surface area contributed by atoms with Crippen LogP contribution in [0.3, 0.4) is 0 Å². The molecule has 1 atom stereocenters. The van der Waals surface area contributed by atoms with Gasteiger partial charge in [0.15, 0.2) is 6.10 Å². The third kappa shape index (κ3) is 3.87. The van der Waals surface area contributed by atoms with E-state index in [0.29, 0.717) is 16.8 Å². The highest BCUT2D eigenvalue weighted by Gasteiger charge is 2.26. The molecule has 150 valence electrons. The predicted molar refractivity (Wildman–Crippen MR) is 113 cm³/mol. The highest BCUT2D eigenvalue weighted by molar-refractivity contribution is 6.06. The first-order chi connectivity index (χ1) is 14.6. The second kappa shape index (κ2) is 8.34. The molecule has 0 saturated heterocycles. The molecule has 6 heteroatoms. The van der Waals surface area contributed by atoms with E-state index >= 15 is 0 Å². The Morgan fingerprint density at radius 2 is 1.93 bits per heavy atom. The van der Waals surface area contributed by atoms with Gasteiger partial charge in [-0.3, -0.25) is 9.78 Å². The van der Waals surface area contributed by atoms with Crippen LogP contribution in [0.2, 0.25) is 0 Å². The zero-order valence-electron chi connectivity index (χ0n) is 16.6. The van der Waals surface area contributed by atoms with Gasteiger partial charge in [0.05, 0.1) is 22.7 Å². The van der Waals surface area contributed by atoms with Crippen LogP contribution in [-0.4, -0.2) is 23.0 Å². The zero-order valence-corrected chi connectivity index (χ0v) is 16.6. The number of ether oxygens (including phenoxy) is 1. The number of para-hydroxylation sites is 1. The molecule has 1 amide bonds. The standard InChI is InChI=1S/C24H21N3O3/c1-15(23(28)26-17-8-6-7-16(13-17)14-25)30-24(29)22-18-9-2-4-11-20(18)27-21-12-5-3-10-19(21)22/h2,4,6-9,11,13,15H,3,5,10,12H2,1H3,(H,26,28)/t15-/m0/s1. The third-order valence-corrected chi connectivity index (χ3v) is 5.29. The predicted octanol–water partition coefficient (Wildman–Crippen LogP) is 4.17. The number of hydrogen-bond acceptors (Lipinski definition) is 5. The average molecular weight is 399 g/mol. The molecule has 1 aliphatic rings. The number of carbonyl (C=O) groups is 2. The summed E-state index contributed by atoms with van der Waals surface area (Å²) in [4.78, 5) is 30.4. The number of fused-ring (bicyclic) bond motifs is 2. The molecular formula is C24H21N3O3. The van der Waals surface area contributed by atoms with Crippen LogP contribution in [0.25, 0.3) is 10.9 Å².